The van der Waals surface area contributed by atoms with Crippen molar-refractivity contribution < 1.29 is 37.9 Å². The van der Waals surface area contributed by atoms with Gasteiger partial charge >= 0.3 is 18.9 Å². The Morgan fingerprint density at radius 2 is 1.30 bits per heavy atom. The number of carbonyl (C=O) groups excluding carboxylic acids is 1. The van der Waals surface area contributed by atoms with Gasteiger partial charge in [0.25, 0.3) is 0 Å². The van der Waals surface area contributed by atoms with Crippen LogP contribution in [0.1, 0.15) is 10.4 Å². The normalized spacial score (nSPS) is 10.3. The van der Waals surface area contributed by atoms with Crippen molar-refractivity contribution in [2.45, 2.75) is 0 Å². The summed E-state index contributed by atoms with van der Waals surface area (Å²) in [5.41, 5.74) is 0.441. The summed E-state index contributed by atoms with van der Waals surface area (Å²) in [6, 6.07) is 22.4. The van der Waals surface area contributed by atoms with Crippen LogP contribution in [0.5, 0.6) is 23.0 Å². The molecule has 27 heavy (non-hydrogen) atoms. The minimum Gasteiger partial charge on any atom is -0.496 e. The van der Waals surface area contributed by atoms with Gasteiger partial charge in [-0.1, -0.05) is 36.4 Å². The van der Waals surface area contributed by atoms with Gasteiger partial charge in [-0.2, -0.15) is 0 Å². The van der Waals surface area contributed by atoms with Crippen molar-refractivity contribution in [1.29, 1.82) is 0 Å². The molecular weight excluding hydrogens is 354 g/mol. The van der Waals surface area contributed by atoms with E-state index in [-0.39, 0.29) is 33.0 Å². The van der Waals surface area contributed by atoms with E-state index in [9.17, 15) is 4.79 Å². The van der Waals surface area contributed by atoms with Crippen LogP contribution in [0.3, 0.4) is 0 Å². The van der Waals surface area contributed by atoms with E-state index in [1.807, 2.05) is 54.6 Å². The van der Waals surface area contributed by atoms with Gasteiger partial charge in [0.05, 0.1) is 14.2 Å². The summed E-state index contributed by atoms with van der Waals surface area (Å²) in [4.78, 5) is 12.8. The van der Waals surface area contributed by atoms with E-state index in [0.717, 1.165) is 16.8 Å². The quantitative estimate of drug-likeness (QED) is 0.467. The van der Waals surface area contributed by atoms with Gasteiger partial charge in [-0.15, -0.1) is 0 Å². The molecule has 0 heterocycles. The number of ether oxygens (including phenoxy) is 3. The number of carbonyl (C=O) groups is 1. The summed E-state index contributed by atoms with van der Waals surface area (Å²) < 4.78 is 16.4. The Morgan fingerprint density at radius 1 is 0.741 bits per heavy atom. The first-order valence-electron chi connectivity index (χ1n) is 8.06. The van der Waals surface area contributed by atoms with E-state index in [1.54, 1.807) is 32.4 Å². The smallest absolute Gasteiger partial charge is 0.496 e. The zero-order chi connectivity index (χ0) is 18.4. The molecule has 6 heteroatoms. The van der Waals surface area contributed by atoms with Crippen molar-refractivity contribution in [3.8, 4) is 23.0 Å². The second-order valence-electron chi connectivity index (χ2n) is 5.43. The third kappa shape index (κ3) is 5.37. The fourth-order valence-electron chi connectivity index (χ4n) is 2.50. The van der Waals surface area contributed by atoms with Gasteiger partial charge in [0.1, 0.15) is 28.6 Å². The maximum Gasteiger partial charge on any atom is 1.00 e. The van der Waals surface area contributed by atoms with Gasteiger partial charge in [0.15, 0.2) is 5.52 Å². The predicted molar refractivity (Wildman–Crippen MR) is 105 cm³/mol. The number of methoxy groups -OCH3 is 2. The number of rotatable bonds is 7. The second kappa shape index (κ2) is 10.2. The van der Waals surface area contributed by atoms with Crippen molar-refractivity contribution in [1.82, 2.24) is 0 Å². The van der Waals surface area contributed by atoms with Gasteiger partial charge in [0.2, 0.25) is 0 Å². The summed E-state index contributed by atoms with van der Waals surface area (Å²) in [6.45, 7) is 0. The molecule has 3 rings (SSSR count). The molecule has 1 unspecified atom stereocenters. The molecule has 0 amide bonds. The summed E-state index contributed by atoms with van der Waals surface area (Å²) in [5.74, 6) is 2.54. The van der Waals surface area contributed by atoms with Gasteiger partial charge in [-0.05, 0) is 50.3 Å². The first-order chi connectivity index (χ1) is 12.7. The minimum absolute atomic E-state index is 0. The molecule has 0 aromatic heterocycles. The fourth-order valence-corrected chi connectivity index (χ4v) is 3.47. The van der Waals surface area contributed by atoms with Gasteiger partial charge in [-0.3, -0.25) is 4.79 Å². The van der Waals surface area contributed by atoms with E-state index in [0.29, 0.717) is 17.1 Å². The average molecular weight is 373 g/mol. The molecule has 0 aliphatic heterocycles. The van der Waals surface area contributed by atoms with Crippen molar-refractivity contribution in [3.05, 3.63) is 78.4 Å². The summed E-state index contributed by atoms with van der Waals surface area (Å²) in [6.07, 6.45) is 0. The summed E-state index contributed by atoms with van der Waals surface area (Å²) in [7, 11) is 3.06. The average Bonchev–Trinajstić information content (AvgIpc) is 2.69. The Labute approximate surface area is 172 Å². The summed E-state index contributed by atoms with van der Waals surface area (Å²) in [5, 5.41) is 0.920. The molecule has 0 aliphatic rings. The van der Waals surface area contributed by atoms with Crippen LogP contribution in [0.4, 0.5) is 0 Å². The number of para-hydroxylation sites is 1. The Hall–Kier alpha value is -2.24. The molecule has 1 atom stereocenters. The standard InChI is InChI=1S/C21H19O4P.Li/c1-23-18-9-6-10-19(24-2)20(18)21(22)26-17-13-11-16(12-14-17)25-15-7-4-3-5-8-15;/h3-14,26H,1-2H3;/q;+1. The van der Waals surface area contributed by atoms with Gasteiger partial charge in [-0.25, -0.2) is 0 Å². The van der Waals surface area contributed by atoms with Crippen LogP contribution in [-0.2, 0) is 0 Å². The number of benzene rings is 3. The SMILES string of the molecule is COc1cccc(OC)c1C(=O)Pc1ccc(Oc2ccccc2)cc1.[Li+]. The van der Waals surface area contributed by atoms with Crippen LogP contribution in [0.15, 0.2) is 72.8 Å². The molecule has 0 bridgehead atoms. The van der Waals surface area contributed by atoms with Crippen molar-refractivity contribution in [2.24, 2.45) is 0 Å². The largest absolute Gasteiger partial charge is 1.00 e. The molecular formula is C21H19LiO4P+. The van der Waals surface area contributed by atoms with Crippen molar-refractivity contribution >= 4 is 19.4 Å². The Kier molecular flexibility index (Phi) is 7.94. The van der Waals surface area contributed by atoms with E-state index in [4.69, 9.17) is 14.2 Å². The topological polar surface area (TPSA) is 44.8 Å². The van der Waals surface area contributed by atoms with Crippen molar-refractivity contribution in [3.63, 3.8) is 0 Å². The maximum absolute atomic E-state index is 12.8. The van der Waals surface area contributed by atoms with E-state index in [1.165, 1.54) is 0 Å². The van der Waals surface area contributed by atoms with Crippen LogP contribution in [-0.4, -0.2) is 19.7 Å². The molecule has 3 aromatic rings. The maximum atomic E-state index is 12.8. The molecule has 4 nitrogen and oxygen atoms in total. The number of hydrogen-bond acceptors (Lipinski definition) is 4. The Bertz CT molecular complexity index is 860. The van der Waals surface area contributed by atoms with Gasteiger partial charge < -0.3 is 14.2 Å². The third-order valence-corrected chi connectivity index (χ3v) is 4.85. The van der Waals surface area contributed by atoms with E-state index < -0.39 is 0 Å². The third-order valence-electron chi connectivity index (χ3n) is 3.75. The molecule has 0 spiro atoms. The Balaban J connectivity index is 0.00000261. The monoisotopic (exact) mass is 373 g/mol. The van der Waals surface area contributed by atoms with E-state index >= 15 is 0 Å². The van der Waals surface area contributed by atoms with Crippen LogP contribution in [0.2, 0.25) is 0 Å². The molecule has 3 aromatic carbocycles. The molecule has 0 N–H and O–H groups in total. The molecule has 0 fully saturated rings. The molecule has 0 saturated heterocycles. The predicted octanol–water partition coefficient (Wildman–Crippen LogP) is 1.64. The minimum atomic E-state index is -0.0357. The fraction of sp³-hybridized carbons (Fsp3) is 0.0952. The van der Waals surface area contributed by atoms with E-state index in [2.05, 4.69) is 0 Å². The molecule has 0 radical (unpaired) electrons. The number of hydrogen-bond donors (Lipinski definition) is 0. The van der Waals surface area contributed by atoms with Crippen LogP contribution in [0, 0.1) is 0 Å². The second-order valence-corrected chi connectivity index (χ2v) is 6.71. The van der Waals surface area contributed by atoms with Crippen LogP contribution in [0.25, 0.3) is 0 Å². The molecule has 0 aliphatic carbocycles. The first-order valence-corrected chi connectivity index (χ1v) is 9.06. The van der Waals surface area contributed by atoms with Crippen LogP contribution >= 0.6 is 8.58 Å². The van der Waals surface area contributed by atoms with Gasteiger partial charge in [0, 0.05) is 0 Å². The first kappa shape index (κ1) is 21.1. The zero-order valence-electron chi connectivity index (χ0n) is 15.6. The zero-order valence-corrected chi connectivity index (χ0v) is 16.6. The Morgan fingerprint density at radius 3 is 1.85 bits per heavy atom. The van der Waals surface area contributed by atoms with Crippen LogP contribution < -0.4 is 38.4 Å². The molecule has 0 saturated carbocycles. The van der Waals surface area contributed by atoms with Crippen molar-refractivity contribution in [2.75, 3.05) is 14.2 Å². The summed E-state index contributed by atoms with van der Waals surface area (Å²) >= 11 is 0. The molecule has 132 valence electrons.